The second-order valence-corrected chi connectivity index (χ2v) is 5.62. The first-order valence-electron chi connectivity index (χ1n) is 7.78. The van der Waals surface area contributed by atoms with Crippen LogP contribution >= 0.6 is 11.6 Å². The summed E-state index contributed by atoms with van der Waals surface area (Å²) in [5.41, 5.74) is 0.796. The molecule has 2 aromatic carbocycles. The Bertz CT molecular complexity index is 986. The highest BCUT2D eigenvalue weighted by Gasteiger charge is 2.19. The summed E-state index contributed by atoms with van der Waals surface area (Å²) in [6.07, 6.45) is 0. The van der Waals surface area contributed by atoms with Crippen molar-refractivity contribution in [1.82, 2.24) is 10.2 Å². The van der Waals surface area contributed by atoms with Gasteiger partial charge in [0.1, 0.15) is 0 Å². The standard InChI is InChI=1S/C16H12ClF2N3O.C2H6/c1-7-3-4-12(10(17)5-7)20-15-13-9(6-11(18)14(15)19)8(2)21-22-16(13)23;1-2/h3-6,20H,1-2H3,(H,22,23);1-2H3. The topological polar surface area (TPSA) is 57.8 Å². The zero-order chi connectivity index (χ0) is 18.7. The van der Waals surface area contributed by atoms with Crippen LogP contribution in [0.5, 0.6) is 0 Å². The Morgan fingerprint density at radius 3 is 2.48 bits per heavy atom. The van der Waals surface area contributed by atoms with Crippen LogP contribution < -0.4 is 10.9 Å². The van der Waals surface area contributed by atoms with Crippen LogP contribution in [0.15, 0.2) is 29.1 Å². The molecule has 2 N–H and O–H groups in total. The Kier molecular flexibility index (Phi) is 5.74. The third-order valence-corrected chi connectivity index (χ3v) is 3.86. The van der Waals surface area contributed by atoms with Crippen molar-refractivity contribution in [3.63, 3.8) is 0 Å². The van der Waals surface area contributed by atoms with Gasteiger partial charge in [0.15, 0.2) is 11.6 Å². The van der Waals surface area contributed by atoms with Gasteiger partial charge in [-0.25, -0.2) is 13.9 Å². The van der Waals surface area contributed by atoms with E-state index in [1.165, 1.54) is 0 Å². The van der Waals surface area contributed by atoms with Crippen LogP contribution in [0.25, 0.3) is 10.8 Å². The van der Waals surface area contributed by atoms with Gasteiger partial charge in [-0.15, -0.1) is 0 Å². The number of fused-ring (bicyclic) bond motifs is 1. The fraction of sp³-hybridized carbons (Fsp3) is 0.222. The number of rotatable bonds is 2. The molecule has 3 rings (SSSR count). The Labute approximate surface area is 148 Å². The molecule has 1 aromatic heterocycles. The summed E-state index contributed by atoms with van der Waals surface area (Å²) in [6.45, 7) is 7.45. The van der Waals surface area contributed by atoms with Crippen LogP contribution in [0.1, 0.15) is 25.1 Å². The molecule has 1 heterocycles. The van der Waals surface area contributed by atoms with E-state index in [1.807, 2.05) is 20.8 Å². The van der Waals surface area contributed by atoms with Crippen molar-refractivity contribution < 1.29 is 8.78 Å². The van der Waals surface area contributed by atoms with Gasteiger partial charge in [0.05, 0.1) is 27.5 Å². The van der Waals surface area contributed by atoms with Crippen LogP contribution in [-0.4, -0.2) is 10.2 Å². The highest BCUT2D eigenvalue weighted by atomic mass is 35.5. The minimum Gasteiger partial charge on any atom is -0.351 e. The van der Waals surface area contributed by atoms with Crippen molar-refractivity contribution >= 4 is 33.7 Å². The maximum absolute atomic E-state index is 14.3. The average Bonchev–Trinajstić information content (AvgIpc) is 2.59. The SMILES string of the molecule is CC.Cc1ccc(Nc2c(F)c(F)cc3c(C)n[nH]c(=O)c23)c(Cl)c1. The molecule has 0 saturated heterocycles. The van der Waals surface area contributed by atoms with E-state index < -0.39 is 17.2 Å². The molecule has 7 heteroatoms. The zero-order valence-electron chi connectivity index (χ0n) is 14.3. The molecular formula is C18H18ClF2N3O. The molecule has 3 aromatic rings. The summed E-state index contributed by atoms with van der Waals surface area (Å²) in [5.74, 6) is -2.22. The lowest BCUT2D eigenvalue weighted by Gasteiger charge is -2.13. The number of benzene rings is 2. The van der Waals surface area contributed by atoms with Crippen molar-refractivity contribution in [2.75, 3.05) is 5.32 Å². The van der Waals surface area contributed by atoms with E-state index in [9.17, 15) is 13.6 Å². The van der Waals surface area contributed by atoms with Crippen LogP contribution in [0.3, 0.4) is 0 Å². The highest BCUT2D eigenvalue weighted by molar-refractivity contribution is 6.33. The van der Waals surface area contributed by atoms with Gasteiger partial charge in [0, 0.05) is 5.39 Å². The molecule has 4 nitrogen and oxygen atoms in total. The number of aromatic amines is 1. The molecule has 132 valence electrons. The van der Waals surface area contributed by atoms with Crippen LogP contribution in [0.4, 0.5) is 20.2 Å². The number of hydrogen-bond donors (Lipinski definition) is 2. The molecule has 0 saturated carbocycles. The summed E-state index contributed by atoms with van der Waals surface area (Å²) in [6, 6.07) is 6.05. The van der Waals surface area contributed by atoms with Gasteiger partial charge in [-0.3, -0.25) is 4.79 Å². The molecule has 0 bridgehead atoms. The number of nitrogens with one attached hydrogen (secondary N) is 2. The number of aryl methyl sites for hydroxylation is 2. The quantitative estimate of drug-likeness (QED) is 0.652. The van der Waals surface area contributed by atoms with Crippen molar-refractivity contribution in [3.8, 4) is 0 Å². The monoisotopic (exact) mass is 365 g/mol. The van der Waals surface area contributed by atoms with Gasteiger partial charge in [-0.05, 0) is 37.6 Å². The molecule has 0 aliphatic heterocycles. The predicted molar refractivity (Wildman–Crippen MR) is 97.8 cm³/mol. The van der Waals surface area contributed by atoms with E-state index in [0.29, 0.717) is 16.4 Å². The summed E-state index contributed by atoms with van der Waals surface area (Å²) >= 11 is 6.12. The third kappa shape index (κ3) is 3.64. The van der Waals surface area contributed by atoms with E-state index in [2.05, 4.69) is 15.5 Å². The molecule has 0 spiro atoms. The van der Waals surface area contributed by atoms with E-state index in [4.69, 9.17) is 11.6 Å². The largest absolute Gasteiger partial charge is 0.351 e. The second-order valence-electron chi connectivity index (χ2n) is 5.22. The molecule has 0 aliphatic rings. The zero-order valence-corrected chi connectivity index (χ0v) is 15.1. The summed E-state index contributed by atoms with van der Waals surface area (Å²) < 4.78 is 28.2. The second kappa shape index (κ2) is 7.61. The van der Waals surface area contributed by atoms with Crippen molar-refractivity contribution in [3.05, 3.63) is 62.5 Å². The molecule has 0 radical (unpaired) electrons. The predicted octanol–water partition coefficient (Wildman–Crippen LogP) is 5.24. The normalized spacial score (nSPS) is 10.4. The van der Waals surface area contributed by atoms with Gasteiger partial charge in [0.2, 0.25) is 0 Å². The molecule has 25 heavy (non-hydrogen) atoms. The van der Waals surface area contributed by atoms with Gasteiger partial charge < -0.3 is 5.32 Å². The maximum Gasteiger partial charge on any atom is 0.274 e. The highest BCUT2D eigenvalue weighted by Crippen LogP contribution is 2.33. The molecule has 0 unspecified atom stereocenters. The molecule has 0 amide bonds. The van der Waals surface area contributed by atoms with Crippen molar-refractivity contribution in [2.24, 2.45) is 0 Å². The van der Waals surface area contributed by atoms with Gasteiger partial charge in [-0.1, -0.05) is 31.5 Å². The van der Waals surface area contributed by atoms with E-state index >= 15 is 0 Å². The minimum atomic E-state index is -1.15. The Balaban J connectivity index is 0.00000109. The molecule has 0 fully saturated rings. The lowest BCUT2D eigenvalue weighted by Crippen LogP contribution is -2.13. The molecular weight excluding hydrogens is 348 g/mol. The van der Waals surface area contributed by atoms with Gasteiger partial charge in [-0.2, -0.15) is 5.10 Å². The number of aromatic nitrogens is 2. The average molecular weight is 366 g/mol. The number of halogens is 3. The minimum absolute atomic E-state index is 0.00644. The Hall–Kier alpha value is -2.47. The maximum atomic E-state index is 14.3. The van der Waals surface area contributed by atoms with Crippen molar-refractivity contribution in [1.29, 1.82) is 0 Å². The van der Waals surface area contributed by atoms with E-state index in [0.717, 1.165) is 11.6 Å². The fourth-order valence-corrected chi connectivity index (χ4v) is 2.65. The summed E-state index contributed by atoms with van der Waals surface area (Å²) in [5, 5.41) is 9.34. The van der Waals surface area contributed by atoms with E-state index in [1.54, 1.807) is 25.1 Å². The smallest absolute Gasteiger partial charge is 0.274 e. The first-order valence-corrected chi connectivity index (χ1v) is 8.16. The van der Waals surface area contributed by atoms with E-state index in [-0.39, 0.29) is 16.5 Å². The van der Waals surface area contributed by atoms with Gasteiger partial charge in [0.25, 0.3) is 5.56 Å². The first-order chi connectivity index (χ1) is 11.9. The lowest BCUT2D eigenvalue weighted by atomic mass is 10.1. The number of hydrogen-bond acceptors (Lipinski definition) is 3. The number of anilines is 2. The number of H-pyrrole nitrogens is 1. The van der Waals surface area contributed by atoms with Crippen LogP contribution in [0, 0.1) is 25.5 Å². The molecule has 0 aliphatic carbocycles. The summed E-state index contributed by atoms with van der Waals surface area (Å²) in [7, 11) is 0. The van der Waals surface area contributed by atoms with Crippen molar-refractivity contribution in [2.45, 2.75) is 27.7 Å². The summed E-state index contributed by atoms with van der Waals surface area (Å²) in [4.78, 5) is 12.1. The lowest BCUT2D eigenvalue weighted by molar-refractivity contribution is 0.513. The van der Waals surface area contributed by atoms with Crippen LogP contribution in [0.2, 0.25) is 5.02 Å². The fourth-order valence-electron chi connectivity index (χ4n) is 2.37. The first kappa shape index (κ1) is 18.9. The Morgan fingerprint density at radius 2 is 1.84 bits per heavy atom. The van der Waals surface area contributed by atoms with Crippen LogP contribution in [-0.2, 0) is 0 Å². The Morgan fingerprint density at radius 1 is 1.16 bits per heavy atom. The third-order valence-electron chi connectivity index (χ3n) is 3.55. The molecule has 0 atom stereocenters. The van der Waals surface area contributed by atoms with Gasteiger partial charge >= 0.3 is 0 Å². The number of nitrogens with zero attached hydrogens (tertiary/aromatic N) is 1.